The molecule has 11 heteroatoms. The standard InChI is InChI=1S/C26H29F3N6O2/c1-17-18(4-3-5-21(17)27)14-35-25(36)34(16-26(35)8-10-33(11-9-26)15-22(28)29)23-7-6-20(24(32-23)37-2)19-12-30-31-13-19/h3-7,12-13,22H,8-11,14-16H2,1-2H3,(H,30,31). The highest BCUT2D eigenvalue weighted by Gasteiger charge is 2.51. The predicted octanol–water partition coefficient (Wildman–Crippen LogP) is 4.47. The van der Waals surface area contributed by atoms with E-state index in [1.807, 2.05) is 12.1 Å². The van der Waals surface area contributed by atoms with Crippen LogP contribution in [0.4, 0.5) is 23.8 Å². The Labute approximate surface area is 213 Å². The summed E-state index contributed by atoms with van der Waals surface area (Å²) in [5, 5.41) is 6.74. The number of likely N-dealkylation sites (tertiary alicyclic amines) is 1. The first-order chi connectivity index (χ1) is 17.8. The number of carbonyl (C=O) groups is 1. The van der Waals surface area contributed by atoms with Crippen molar-refractivity contribution >= 4 is 11.8 Å². The van der Waals surface area contributed by atoms with Gasteiger partial charge in [-0.25, -0.2) is 18.0 Å². The molecule has 0 bridgehead atoms. The summed E-state index contributed by atoms with van der Waals surface area (Å²) in [6, 6.07) is 8.18. The van der Waals surface area contributed by atoms with Gasteiger partial charge in [-0.15, -0.1) is 0 Å². The minimum absolute atomic E-state index is 0.220. The number of aromatic amines is 1. The van der Waals surface area contributed by atoms with Crippen LogP contribution in [0.15, 0.2) is 42.7 Å². The van der Waals surface area contributed by atoms with Crippen LogP contribution in [0.25, 0.3) is 11.1 Å². The lowest BCUT2D eigenvalue weighted by Crippen LogP contribution is -2.54. The van der Waals surface area contributed by atoms with Gasteiger partial charge in [-0.05, 0) is 49.1 Å². The molecule has 2 amide bonds. The maximum absolute atomic E-state index is 14.3. The minimum atomic E-state index is -2.41. The predicted molar refractivity (Wildman–Crippen MR) is 132 cm³/mol. The van der Waals surface area contributed by atoms with Crippen molar-refractivity contribution < 1.29 is 22.7 Å². The molecule has 0 radical (unpaired) electrons. The van der Waals surface area contributed by atoms with E-state index < -0.39 is 12.0 Å². The molecule has 1 spiro atoms. The highest BCUT2D eigenvalue weighted by Crippen LogP contribution is 2.40. The second-order valence-corrected chi connectivity index (χ2v) is 9.61. The lowest BCUT2D eigenvalue weighted by molar-refractivity contribution is 0.0340. The first-order valence-corrected chi connectivity index (χ1v) is 12.2. The molecule has 0 aliphatic carbocycles. The number of anilines is 1. The average molecular weight is 515 g/mol. The monoisotopic (exact) mass is 514 g/mol. The number of methoxy groups -OCH3 is 1. The molecule has 2 fully saturated rings. The summed E-state index contributed by atoms with van der Waals surface area (Å²) in [6.45, 7) is 2.87. The van der Waals surface area contributed by atoms with Crippen LogP contribution >= 0.6 is 0 Å². The van der Waals surface area contributed by atoms with Crippen LogP contribution in [0.5, 0.6) is 5.88 Å². The van der Waals surface area contributed by atoms with E-state index in [1.54, 1.807) is 46.1 Å². The lowest BCUT2D eigenvalue weighted by atomic mass is 9.86. The Morgan fingerprint density at radius 2 is 1.97 bits per heavy atom. The second kappa shape index (κ2) is 10.0. The van der Waals surface area contributed by atoms with Crippen molar-refractivity contribution in [1.82, 2.24) is 25.0 Å². The second-order valence-electron chi connectivity index (χ2n) is 9.61. The van der Waals surface area contributed by atoms with E-state index in [2.05, 4.69) is 15.2 Å². The van der Waals surface area contributed by atoms with E-state index in [0.717, 1.165) is 11.1 Å². The normalized spacial score (nSPS) is 17.8. The molecule has 2 aliphatic rings. The molecule has 2 saturated heterocycles. The SMILES string of the molecule is COc1nc(N2CC3(CCN(CC(F)F)CC3)N(Cc3cccc(F)c3C)C2=O)ccc1-c1cn[nH]c1. The zero-order valence-corrected chi connectivity index (χ0v) is 20.8. The molecule has 0 saturated carbocycles. The fourth-order valence-corrected chi connectivity index (χ4v) is 5.33. The minimum Gasteiger partial charge on any atom is -0.480 e. The smallest absolute Gasteiger partial charge is 0.326 e. The third kappa shape index (κ3) is 4.75. The van der Waals surface area contributed by atoms with Gasteiger partial charge in [-0.2, -0.15) is 10.1 Å². The number of alkyl halides is 2. The first-order valence-electron chi connectivity index (χ1n) is 12.2. The lowest BCUT2D eigenvalue weighted by Gasteiger charge is -2.43. The maximum atomic E-state index is 14.3. The van der Waals surface area contributed by atoms with E-state index in [-0.39, 0.29) is 24.9 Å². The van der Waals surface area contributed by atoms with Crippen LogP contribution in [0.1, 0.15) is 24.0 Å². The van der Waals surface area contributed by atoms with E-state index in [0.29, 0.717) is 55.3 Å². The van der Waals surface area contributed by atoms with Gasteiger partial charge in [0.25, 0.3) is 6.43 Å². The number of urea groups is 1. The van der Waals surface area contributed by atoms with E-state index in [9.17, 15) is 18.0 Å². The molecular weight excluding hydrogens is 485 g/mol. The molecule has 1 N–H and O–H groups in total. The Hall–Kier alpha value is -3.60. The van der Waals surface area contributed by atoms with Crippen molar-refractivity contribution in [3.8, 4) is 17.0 Å². The van der Waals surface area contributed by atoms with Crippen LogP contribution < -0.4 is 9.64 Å². The summed E-state index contributed by atoms with van der Waals surface area (Å²) in [7, 11) is 1.51. The number of pyridine rings is 1. The number of H-pyrrole nitrogens is 1. The van der Waals surface area contributed by atoms with Crippen LogP contribution in [-0.4, -0.2) is 76.3 Å². The Balaban J connectivity index is 1.48. The number of hydrogen-bond donors (Lipinski definition) is 1. The zero-order valence-electron chi connectivity index (χ0n) is 20.8. The van der Waals surface area contributed by atoms with Gasteiger partial charge in [0.15, 0.2) is 0 Å². The third-order valence-corrected chi connectivity index (χ3v) is 7.50. The van der Waals surface area contributed by atoms with Crippen molar-refractivity contribution in [2.75, 3.05) is 38.2 Å². The van der Waals surface area contributed by atoms with Crippen LogP contribution in [-0.2, 0) is 6.54 Å². The van der Waals surface area contributed by atoms with E-state index in [1.165, 1.54) is 13.2 Å². The number of carbonyl (C=O) groups excluding carboxylic acids is 1. The molecule has 2 aliphatic heterocycles. The summed E-state index contributed by atoms with van der Waals surface area (Å²) in [6.07, 6.45) is 2.03. The van der Waals surface area contributed by atoms with Gasteiger partial charge in [0.2, 0.25) is 5.88 Å². The number of nitrogens with one attached hydrogen (secondary N) is 1. The Kier molecular flexibility index (Phi) is 6.80. The number of amides is 2. The quantitative estimate of drug-likeness (QED) is 0.504. The number of halogens is 3. The fourth-order valence-electron chi connectivity index (χ4n) is 5.33. The fraction of sp³-hybridized carbons (Fsp3) is 0.423. The molecular formula is C26H29F3N6O2. The summed E-state index contributed by atoms with van der Waals surface area (Å²) >= 11 is 0. The number of nitrogens with zero attached hydrogens (tertiary/aromatic N) is 5. The average Bonchev–Trinajstić information content (AvgIpc) is 3.51. The molecule has 196 valence electrons. The maximum Gasteiger partial charge on any atom is 0.326 e. The van der Waals surface area contributed by atoms with Crippen molar-refractivity contribution in [2.24, 2.45) is 0 Å². The summed E-state index contributed by atoms with van der Waals surface area (Å²) in [4.78, 5) is 23.6. The van der Waals surface area contributed by atoms with Gasteiger partial charge in [0.05, 0.1) is 31.9 Å². The van der Waals surface area contributed by atoms with E-state index in [4.69, 9.17) is 4.74 Å². The highest BCUT2D eigenvalue weighted by atomic mass is 19.3. The number of aromatic nitrogens is 3. The van der Waals surface area contributed by atoms with Gasteiger partial charge < -0.3 is 9.64 Å². The molecule has 37 heavy (non-hydrogen) atoms. The van der Waals surface area contributed by atoms with Crippen LogP contribution in [0.3, 0.4) is 0 Å². The Bertz CT molecular complexity index is 1260. The van der Waals surface area contributed by atoms with Crippen LogP contribution in [0.2, 0.25) is 0 Å². The molecule has 8 nitrogen and oxygen atoms in total. The van der Waals surface area contributed by atoms with Gasteiger partial charge in [0, 0.05) is 37.0 Å². The van der Waals surface area contributed by atoms with Crippen molar-refractivity contribution in [3.05, 3.63) is 59.7 Å². The van der Waals surface area contributed by atoms with Gasteiger partial charge in [-0.1, -0.05) is 12.1 Å². The Morgan fingerprint density at radius 3 is 2.65 bits per heavy atom. The topological polar surface area (TPSA) is 77.6 Å². The molecule has 0 unspecified atom stereocenters. The summed E-state index contributed by atoms with van der Waals surface area (Å²) < 4.78 is 45.9. The van der Waals surface area contributed by atoms with Gasteiger partial charge in [-0.3, -0.25) is 14.9 Å². The summed E-state index contributed by atoms with van der Waals surface area (Å²) in [5.41, 5.74) is 2.14. The third-order valence-electron chi connectivity index (χ3n) is 7.50. The Morgan fingerprint density at radius 1 is 1.19 bits per heavy atom. The number of piperidine rings is 1. The number of rotatable bonds is 7. The van der Waals surface area contributed by atoms with E-state index >= 15 is 0 Å². The molecule has 2 aromatic heterocycles. The number of benzene rings is 1. The van der Waals surface area contributed by atoms with Crippen molar-refractivity contribution in [3.63, 3.8) is 0 Å². The van der Waals surface area contributed by atoms with Crippen molar-refractivity contribution in [1.29, 1.82) is 0 Å². The summed E-state index contributed by atoms with van der Waals surface area (Å²) in [5.74, 6) is 0.455. The molecule has 3 aromatic rings. The number of ether oxygens (including phenoxy) is 1. The number of hydrogen-bond acceptors (Lipinski definition) is 5. The molecule has 0 atom stereocenters. The molecule has 1 aromatic carbocycles. The van der Waals surface area contributed by atoms with Gasteiger partial charge >= 0.3 is 6.03 Å². The largest absolute Gasteiger partial charge is 0.480 e. The molecule has 5 rings (SSSR count). The first kappa shape index (κ1) is 25.1. The van der Waals surface area contributed by atoms with Crippen molar-refractivity contribution in [2.45, 2.75) is 38.3 Å². The highest BCUT2D eigenvalue weighted by molar-refractivity contribution is 5.95. The zero-order chi connectivity index (χ0) is 26.2. The van der Waals surface area contributed by atoms with Gasteiger partial charge in [0.1, 0.15) is 11.6 Å². The molecule has 4 heterocycles. The van der Waals surface area contributed by atoms with Crippen LogP contribution in [0, 0.1) is 12.7 Å².